The number of nitro groups is 1. The van der Waals surface area contributed by atoms with Crippen LogP contribution in [-0.4, -0.2) is 16.2 Å². The first-order valence-electron chi connectivity index (χ1n) is 4.28. The van der Waals surface area contributed by atoms with Crippen molar-refractivity contribution in [3.8, 4) is 0 Å². The molecule has 1 amide bonds. The number of nitrogens with zero attached hydrogens (tertiary/aromatic N) is 1. The minimum atomic E-state index is -0.989. The van der Waals surface area contributed by atoms with Crippen molar-refractivity contribution in [2.24, 2.45) is 5.73 Å². The topological polar surface area (TPSA) is 86.2 Å². The zero-order valence-corrected chi connectivity index (χ0v) is 9.53. The van der Waals surface area contributed by atoms with Gasteiger partial charge in [-0.25, -0.2) is 0 Å². The average molecular weight is 263 g/mol. The Morgan fingerprint density at radius 3 is 2.69 bits per heavy atom. The second kappa shape index (κ2) is 5.14. The highest BCUT2D eigenvalue weighted by molar-refractivity contribution is 6.31. The number of alkyl halides is 1. The van der Waals surface area contributed by atoms with E-state index in [1.54, 1.807) is 0 Å². The summed E-state index contributed by atoms with van der Waals surface area (Å²) in [5, 5.41) is 10.0. The lowest BCUT2D eigenvalue weighted by Gasteiger charge is -2.06. The minimum absolute atomic E-state index is 0.0201. The van der Waals surface area contributed by atoms with E-state index in [4.69, 9.17) is 28.9 Å². The molecular formula is C9H8Cl2N2O3. The molecule has 0 heterocycles. The maximum absolute atomic E-state index is 10.8. The fourth-order valence-electron chi connectivity index (χ4n) is 1.19. The van der Waals surface area contributed by atoms with Crippen LogP contribution in [0.5, 0.6) is 0 Å². The van der Waals surface area contributed by atoms with E-state index >= 15 is 0 Å². The first kappa shape index (κ1) is 12.7. The predicted molar refractivity (Wildman–Crippen MR) is 60.6 cm³/mol. The zero-order valence-electron chi connectivity index (χ0n) is 8.02. The minimum Gasteiger partial charge on any atom is -0.368 e. The molecule has 86 valence electrons. The molecule has 16 heavy (non-hydrogen) atoms. The number of nitro benzene ring substituents is 1. The number of primary amides is 1. The number of halogens is 2. The molecule has 1 aromatic rings. The second-order valence-electron chi connectivity index (χ2n) is 3.10. The third kappa shape index (κ3) is 3.08. The fraction of sp³-hybridized carbons (Fsp3) is 0.222. The van der Waals surface area contributed by atoms with Gasteiger partial charge in [-0.3, -0.25) is 14.9 Å². The maximum atomic E-state index is 10.8. The van der Waals surface area contributed by atoms with Gasteiger partial charge in [-0.15, -0.1) is 11.6 Å². The number of carbonyl (C=O) groups is 1. The van der Waals surface area contributed by atoms with Gasteiger partial charge >= 0.3 is 0 Å². The summed E-state index contributed by atoms with van der Waals surface area (Å²) in [5.41, 5.74) is 5.13. The molecule has 0 saturated heterocycles. The van der Waals surface area contributed by atoms with E-state index in [0.29, 0.717) is 5.02 Å². The molecule has 0 aliphatic carbocycles. The molecule has 0 aliphatic heterocycles. The van der Waals surface area contributed by atoms with E-state index in [9.17, 15) is 14.9 Å². The molecule has 5 nitrogen and oxygen atoms in total. The van der Waals surface area contributed by atoms with E-state index < -0.39 is 16.2 Å². The molecule has 2 N–H and O–H groups in total. The smallest absolute Gasteiger partial charge is 0.272 e. The van der Waals surface area contributed by atoms with Crippen LogP contribution in [0.1, 0.15) is 5.56 Å². The van der Waals surface area contributed by atoms with Crippen LogP contribution in [0.2, 0.25) is 5.02 Å². The lowest BCUT2D eigenvalue weighted by Crippen LogP contribution is -2.25. The highest BCUT2D eigenvalue weighted by atomic mass is 35.5. The van der Waals surface area contributed by atoms with Crippen LogP contribution >= 0.6 is 23.2 Å². The molecule has 1 unspecified atom stereocenters. The number of hydrogen-bond acceptors (Lipinski definition) is 3. The van der Waals surface area contributed by atoms with Gasteiger partial charge in [0.05, 0.1) is 4.92 Å². The number of benzene rings is 1. The van der Waals surface area contributed by atoms with Crippen LogP contribution in [0.3, 0.4) is 0 Å². The lowest BCUT2D eigenvalue weighted by atomic mass is 10.1. The summed E-state index contributed by atoms with van der Waals surface area (Å²) in [7, 11) is 0. The normalized spacial score (nSPS) is 12.1. The van der Waals surface area contributed by atoms with E-state index in [1.807, 2.05) is 0 Å². The van der Waals surface area contributed by atoms with Crippen molar-refractivity contribution in [1.29, 1.82) is 0 Å². The number of nitrogens with two attached hydrogens (primary N) is 1. The van der Waals surface area contributed by atoms with Crippen LogP contribution < -0.4 is 5.73 Å². The summed E-state index contributed by atoms with van der Waals surface area (Å²) in [5.74, 6) is -0.726. The van der Waals surface area contributed by atoms with Crippen molar-refractivity contribution in [2.45, 2.75) is 11.8 Å². The van der Waals surface area contributed by atoms with Crippen molar-refractivity contribution in [2.75, 3.05) is 0 Å². The van der Waals surface area contributed by atoms with Crippen molar-refractivity contribution >= 4 is 34.8 Å². The van der Waals surface area contributed by atoms with Gasteiger partial charge in [0.25, 0.3) is 5.69 Å². The average Bonchev–Trinajstić information content (AvgIpc) is 2.16. The van der Waals surface area contributed by atoms with Gasteiger partial charge in [-0.05, 0) is 12.1 Å². The van der Waals surface area contributed by atoms with Crippen LogP contribution in [0, 0.1) is 10.1 Å². The summed E-state index contributed by atoms with van der Waals surface area (Å²) in [6.07, 6.45) is -0.0201. The van der Waals surface area contributed by atoms with Crippen LogP contribution in [-0.2, 0) is 11.2 Å². The van der Waals surface area contributed by atoms with E-state index in [2.05, 4.69) is 0 Å². The first-order chi connectivity index (χ1) is 7.41. The van der Waals surface area contributed by atoms with Gasteiger partial charge in [-0.1, -0.05) is 11.6 Å². The Balaban J connectivity index is 3.05. The van der Waals surface area contributed by atoms with Gasteiger partial charge < -0.3 is 5.73 Å². The van der Waals surface area contributed by atoms with Crippen molar-refractivity contribution in [3.05, 3.63) is 38.9 Å². The van der Waals surface area contributed by atoms with Crippen molar-refractivity contribution in [3.63, 3.8) is 0 Å². The van der Waals surface area contributed by atoms with Gasteiger partial charge in [0, 0.05) is 23.1 Å². The summed E-state index contributed by atoms with van der Waals surface area (Å²) in [4.78, 5) is 20.9. The van der Waals surface area contributed by atoms with E-state index in [1.165, 1.54) is 18.2 Å². The Morgan fingerprint density at radius 2 is 2.19 bits per heavy atom. The van der Waals surface area contributed by atoms with Gasteiger partial charge in [0.1, 0.15) is 5.38 Å². The molecule has 0 saturated carbocycles. The summed E-state index contributed by atoms with van der Waals surface area (Å²) >= 11 is 11.3. The van der Waals surface area contributed by atoms with Gasteiger partial charge in [0.2, 0.25) is 5.91 Å². The summed E-state index contributed by atoms with van der Waals surface area (Å²) in [6, 6.07) is 4.07. The molecule has 0 aromatic heterocycles. The van der Waals surface area contributed by atoms with E-state index in [0.717, 1.165) is 0 Å². The Morgan fingerprint density at radius 1 is 1.56 bits per heavy atom. The van der Waals surface area contributed by atoms with Gasteiger partial charge in [0.15, 0.2) is 0 Å². The number of rotatable bonds is 4. The lowest BCUT2D eigenvalue weighted by molar-refractivity contribution is -0.385. The predicted octanol–water partition coefficient (Wildman–Crippen LogP) is 1.88. The molecule has 1 atom stereocenters. The third-order valence-corrected chi connectivity index (χ3v) is 2.55. The van der Waals surface area contributed by atoms with Gasteiger partial charge in [-0.2, -0.15) is 0 Å². The molecule has 1 aromatic carbocycles. The fourth-order valence-corrected chi connectivity index (χ4v) is 1.55. The Bertz CT molecular complexity index is 437. The first-order valence-corrected chi connectivity index (χ1v) is 5.09. The summed E-state index contributed by atoms with van der Waals surface area (Å²) < 4.78 is 0. The highest BCUT2D eigenvalue weighted by Crippen LogP contribution is 2.24. The zero-order chi connectivity index (χ0) is 12.3. The molecular weight excluding hydrogens is 255 g/mol. The molecule has 1 rings (SSSR count). The molecule has 0 aliphatic rings. The monoisotopic (exact) mass is 262 g/mol. The Kier molecular flexibility index (Phi) is 4.09. The molecule has 0 radical (unpaired) electrons. The largest absolute Gasteiger partial charge is 0.368 e. The van der Waals surface area contributed by atoms with Crippen molar-refractivity contribution < 1.29 is 9.72 Å². The van der Waals surface area contributed by atoms with E-state index in [-0.39, 0.29) is 17.7 Å². The Labute approximate surface area is 101 Å². The van der Waals surface area contributed by atoms with Crippen LogP contribution in [0.15, 0.2) is 18.2 Å². The third-order valence-electron chi connectivity index (χ3n) is 1.95. The number of hydrogen-bond donors (Lipinski definition) is 1. The standard InChI is InChI=1S/C9H8Cl2N2O3/c10-6-1-2-8(13(15)16)5(3-6)4-7(11)9(12)14/h1-3,7H,4H2,(H2,12,14). The van der Waals surface area contributed by atoms with Crippen LogP contribution in [0.25, 0.3) is 0 Å². The molecule has 0 fully saturated rings. The quantitative estimate of drug-likeness (QED) is 0.511. The highest BCUT2D eigenvalue weighted by Gasteiger charge is 2.20. The molecule has 0 spiro atoms. The number of carbonyl (C=O) groups excluding carboxylic acids is 1. The molecule has 7 heteroatoms. The van der Waals surface area contributed by atoms with Crippen molar-refractivity contribution in [1.82, 2.24) is 0 Å². The SMILES string of the molecule is NC(=O)C(Cl)Cc1cc(Cl)ccc1[N+](=O)[O-]. The maximum Gasteiger partial charge on any atom is 0.272 e. The number of amides is 1. The summed E-state index contributed by atoms with van der Waals surface area (Å²) in [6.45, 7) is 0. The molecule has 0 bridgehead atoms. The van der Waals surface area contributed by atoms with Crippen LogP contribution in [0.4, 0.5) is 5.69 Å². The Hall–Kier alpha value is -1.33. The second-order valence-corrected chi connectivity index (χ2v) is 4.07.